The van der Waals surface area contributed by atoms with Gasteiger partial charge in [-0.1, -0.05) is 6.07 Å². The fourth-order valence-electron chi connectivity index (χ4n) is 1.48. The van der Waals surface area contributed by atoms with Crippen molar-refractivity contribution in [2.45, 2.75) is 6.92 Å². The molecule has 0 radical (unpaired) electrons. The van der Waals surface area contributed by atoms with Gasteiger partial charge >= 0.3 is 6.01 Å². The van der Waals surface area contributed by atoms with Crippen molar-refractivity contribution >= 4 is 0 Å². The summed E-state index contributed by atoms with van der Waals surface area (Å²) >= 11 is 0. The van der Waals surface area contributed by atoms with Crippen LogP contribution in [0.25, 0.3) is 11.1 Å². The quantitative estimate of drug-likeness (QED) is 0.835. The van der Waals surface area contributed by atoms with Crippen LogP contribution in [0.5, 0.6) is 11.8 Å². The minimum absolute atomic E-state index is 0.233. The normalized spacial score (nSPS) is 10.1. The summed E-state index contributed by atoms with van der Waals surface area (Å²) in [5.41, 5.74) is 2.84. The zero-order chi connectivity index (χ0) is 11.5. The lowest BCUT2D eigenvalue weighted by Crippen LogP contribution is -1.92. The molecule has 82 valence electrons. The SMILES string of the molecule is COc1ncc(-c2cc(O)ccc2C)cn1. The number of hydrogen-bond donors (Lipinski definition) is 1. The number of aryl methyl sites for hydroxylation is 1. The number of hydrogen-bond acceptors (Lipinski definition) is 4. The molecule has 1 aromatic carbocycles. The fraction of sp³-hybridized carbons (Fsp3) is 0.167. The van der Waals surface area contributed by atoms with Crippen LogP contribution in [0.15, 0.2) is 30.6 Å². The lowest BCUT2D eigenvalue weighted by Gasteiger charge is -2.06. The Balaban J connectivity index is 2.45. The molecule has 1 heterocycles. The van der Waals surface area contributed by atoms with Crippen molar-refractivity contribution in [2.24, 2.45) is 0 Å². The third-order valence-electron chi connectivity index (χ3n) is 2.34. The number of benzene rings is 1. The molecule has 0 atom stereocenters. The molecule has 4 heteroatoms. The molecule has 1 aromatic heterocycles. The Morgan fingerprint density at radius 3 is 2.50 bits per heavy atom. The number of methoxy groups -OCH3 is 1. The monoisotopic (exact) mass is 216 g/mol. The van der Waals surface area contributed by atoms with E-state index in [1.807, 2.05) is 13.0 Å². The van der Waals surface area contributed by atoms with Gasteiger partial charge in [-0.2, -0.15) is 0 Å². The van der Waals surface area contributed by atoms with Crippen molar-refractivity contribution in [3.05, 3.63) is 36.2 Å². The third kappa shape index (κ3) is 1.95. The topological polar surface area (TPSA) is 55.2 Å². The van der Waals surface area contributed by atoms with Crippen LogP contribution in [0.1, 0.15) is 5.56 Å². The van der Waals surface area contributed by atoms with Gasteiger partial charge in [0.1, 0.15) is 5.75 Å². The first-order chi connectivity index (χ1) is 7.70. The zero-order valence-corrected chi connectivity index (χ0v) is 9.14. The molecule has 2 aromatic rings. The van der Waals surface area contributed by atoms with E-state index in [1.165, 1.54) is 7.11 Å². The Morgan fingerprint density at radius 1 is 1.19 bits per heavy atom. The van der Waals surface area contributed by atoms with Crippen molar-refractivity contribution in [1.82, 2.24) is 9.97 Å². The second-order valence-corrected chi connectivity index (χ2v) is 3.46. The number of ether oxygens (including phenoxy) is 1. The van der Waals surface area contributed by atoms with Crippen LogP contribution >= 0.6 is 0 Å². The number of rotatable bonds is 2. The Labute approximate surface area is 93.6 Å². The summed E-state index contributed by atoms with van der Waals surface area (Å²) in [4.78, 5) is 8.06. The minimum atomic E-state index is 0.233. The molecule has 0 fully saturated rings. The summed E-state index contributed by atoms with van der Waals surface area (Å²) in [5, 5.41) is 9.43. The number of aromatic hydroxyl groups is 1. The molecular formula is C12H12N2O2. The summed E-state index contributed by atoms with van der Waals surface area (Å²) in [6, 6.07) is 5.54. The van der Waals surface area contributed by atoms with Gasteiger partial charge in [0.2, 0.25) is 0 Å². The average Bonchev–Trinajstić information content (AvgIpc) is 2.32. The van der Waals surface area contributed by atoms with Gasteiger partial charge in [-0.05, 0) is 30.2 Å². The number of nitrogens with zero attached hydrogens (tertiary/aromatic N) is 2. The molecule has 16 heavy (non-hydrogen) atoms. The van der Waals surface area contributed by atoms with E-state index < -0.39 is 0 Å². The molecule has 1 N–H and O–H groups in total. The van der Waals surface area contributed by atoms with Gasteiger partial charge in [0.15, 0.2) is 0 Å². The van der Waals surface area contributed by atoms with Crippen molar-refractivity contribution in [2.75, 3.05) is 7.11 Å². The Hall–Kier alpha value is -2.10. The maximum Gasteiger partial charge on any atom is 0.316 e. The molecule has 0 bridgehead atoms. The van der Waals surface area contributed by atoms with Gasteiger partial charge in [0, 0.05) is 18.0 Å². The minimum Gasteiger partial charge on any atom is -0.508 e. The highest BCUT2D eigenvalue weighted by Gasteiger charge is 2.04. The first-order valence-electron chi connectivity index (χ1n) is 4.86. The van der Waals surface area contributed by atoms with Gasteiger partial charge < -0.3 is 9.84 Å². The first-order valence-corrected chi connectivity index (χ1v) is 4.86. The molecule has 0 saturated carbocycles. The van der Waals surface area contributed by atoms with Gasteiger partial charge in [0.25, 0.3) is 0 Å². The van der Waals surface area contributed by atoms with E-state index in [0.717, 1.165) is 16.7 Å². The van der Waals surface area contributed by atoms with E-state index in [2.05, 4.69) is 9.97 Å². The van der Waals surface area contributed by atoms with Gasteiger partial charge in [0.05, 0.1) is 7.11 Å². The van der Waals surface area contributed by atoms with Crippen LogP contribution < -0.4 is 4.74 Å². The highest BCUT2D eigenvalue weighted by Crippen LogP contribution is 2.26. The van der Waals surface area contributed by atoms with E-state index >= 15 is 0 Å². The second kappa shape index (κ2) is 4.18. The molecule has 0 aliphatic rings. The second-order valence-electron chi connectivity index (χ2n) is 3.46. The summed E-state index contributed by atoms with van der Waals surface area (Å²) in [5.74, 6) is 0.233. The molecule has 0 unspecified atom stereocenters. The Bertz CT molecular complexity index is 495. The van der Waals surface area contributed by atoms with Gasteiger partial charge in [-0.3, -0.25) is 0 Å². The molecule has 0 saturated heterocycles. The summed E-state index contributed by atoms with van der Waals surface area (Å²) < 4.78 is 4.89. The van der Waals surface area contributed by atoms with Crippen LogP contribution in [0, 0.1) is 6.92 Å². The largest absolute Gasteiger partial charge is 0.508 e. The molecular weight excluding hydrogens is 204 g/mol. The lowest BCUT2D eigenvalue weighted by molar-refractivity contribution is 0.380. The number of aromatic nitrogens is 2. The van der Waals surface area contributed by atoms with E-state index in [9.17, 15) is 5.11 Å². The molecule has 0 amide bonds. The van der Waals surface area contributed by atoms with Crippen LogP contribution in [-0.4, -0.2) is 22.2 Å². The highest BCUT2D eigenvalue weighted by atomic mass is 16.5. The van der Waals surface area contributed by atoms with Gasteiger partial charge in [-0.25, -0.2) is 9.97 Å². The average molecular weight is 216 g/mol. The summed E-state index contributed by atoms with van der Waals surface area (Å²) in [6.45, 7) is 1.97. The molecule has 0 spiro atoms. The summed E-state index contributed by atoms with van der Waals surface area (Å²) in [6.07, 6.45) is 3.35. The molecule has 0 aliphatic carbocycles. The van der Waals surface area contributed by atoms with E-state index in [-0.39, 0.29) is 5.75 Å². The van der Waals surface area contributed by atoms with Crippen LogP contribution in [-0.2, 0) is 0 Å². The van der Waals surface area contributed by atoms with E-state index in [1.54, 1.807) is 24.5 Å². The molecule has 2 rings (SSSR count). The summed E-state index contributed by atoms with van der Waals surface area (Å²) in [7, 11) is 1.52. The maximum atomic E-state index is 9.43. The van der Waals surface area contributed by atoms with Crippen molar-refractivity contribution in [3.63, 3.8) is 0 Å². The van der Waals surface area contributed by atoms with Crippen LogP contribution in [0.2, 0.25) is 0 Å². The maximum absolute atomic E-state index is 9.43. The van der Waals surface area contributed by atoms with E-state index in [4.69, 9.17) is 4.74 Å². The number of phenolic OH excluding ortho intramolecular Hbond substituents is 1. The predicted molar refractivity (Wildman–Crippen MR) is 60.4 cm³/mol. The smallest absolute Gasteiger partial charge is 0.316 e. The first kappa shape index (κ1) is 10.4. The Morgan fingerprint density at radius 2 is 1.88 bits per heavy atom. The van der Waals surface area contributed by atoms with Crippen LogP contribution in [0.4, 0.5) is 0 Å². The predicted octanol–water partition coefficient (Wildman–Crippen LogP) is 2.17. The van der Waals surface area contributed by atoms with Crippen LogP contribution in [0.3, 0.4) is 0 Å². The Kier molecular flexibility index (Phi) is 2.72. The van der Waals surface area contributed by atoms with Crippen molar-refractivity contribution in [3.8, 4) is 22.9 Å². The van der Waals surface area contributed by atoms with Gasteiger partial charge in [-0.15, -0.1) is 0 Å². The fourth-order valence-corrected chi connectivity index (χ4v) is 1.48. The third-order valence-corrected chi connectivity index (χ3v) is 2.34. The highest BCUT2D eigenvalue weighted by molar-refractivity contribution is 5.67. The lowest BCUT2D eigenvalue weighted by atomic mass is 10.0. The van der Waals surface area contributed by atoms with Crippen molar-refractivity contribution < 1.29 is 9.84 Å². The molecule has 4 nitrogen and oxygen atoms in total. The zero-order valence-electron chi connectivity index (χ0n) is 9.14. The molecule has 0 aliphatic heterocycles. The van der Waals surface area contributed by atoms with E-state index in [0.29, 0.717) is 6.01 Å². The van der Waals surface area contributed by atoms with Crippen molar-refractivity contribution in [1.29, 1.82) is 0 Å². The number of phenols is 1. The standard InChI is InChI=1S/C12H12N2O2/c1-8-3-4-10(15)5-11(8)9-6-13-12(16-2)14-7-9/h3-7,15H,1-2H3.